The third kappa shape index (κ3) is 2.18. The van der Waals surface area contributed by atoms with Gasteiger partial charge in [0.25, 0.3) is 0 Å². The lowest BCUT2D eigenvalue weighted by Crippen LogP contribution is -2.44. The van der Waals surface area contributed by atoms with Gasteiger partial charge in [0, 0.05) is 6.54 Å². The van der Waals surface area contributed by atoms with Crippen molar-refractivity contribution in [3.05, 3.63) is 23.8 Å². The first-order valence-corrected chi connectivity index (χ1v) is 6.95. The summed E-state index contributed by atoms with van der Waals surface area (Å²) in [7, 11) is 0. The number of rotatable bonds is 2. The van der Waals surface area contributed by atoms with Crippen molar-refractivity contribution in [3.63, 3.8) is 0 Å². The molecular formula is C13H15N3OS. The minimum absolute atomic E-state index is 0.0803. The van der Waals surface area contributed by atoms with E-state index in [4.69, 9.17) is 0 Å². The second kappa shape index (κ2) is 4.57. The Morgan fingerprint density at radius 3 is 3.22 bits per heavy atom. The van der Waals surface area contributed by atoms with E-state index in [9.17, 15) is 4.79 Å². The standard InChI is InChI=1S/C13H15N3OS/c1-8-4-5-9-11(7-8)18-13(15-9)16-10-3-2-6-14-12(10)17/h4-5,7,10H,2-3,6H2,1H3,(H,14,17)(H,15,16). The predicted octanol–water partition coefficient (Wildman–Crippen LogP) is 2.30. The molecular weight excluding hydrogens is 246 g/mol. The molecule has 0 spiro atoms. The number of hydrogen-bond donors (Lipinski definition) is 2. The maximum atomic E-state index is 11.7. The van der Waals surface area contributed by atoms with Crippen LogP contribution in [0.5, 0.6) is 0 Å². The maximum Gasteiger partial charge on any atom is 0.242 e. The second-order valence-electron chi connectivity index (χ2n) is 4.62. The van der Waals surface area contributed by atoms with Crippen LogP contribution in [0.2, 0.25) is 0 Å². The van der Waals surface area contributed by atoms with E-state index in [1.54, 1.807) is 11.3 Å². The summed E-state index contributed by atoms with van der Waals surface area (Å²) in [4.78, 5) is 16.2. The summed E-state index contributed by atoms with van der Waals surface area (Å²) >= 11 is 1.60. The molecule has 1 fully saturated rings. The number of anilines is 1. The molecule has 1 unspecified atom stereocenters. The molecule has 1 aliphatic heterocycles. The Bertz CT molecular complexity index is 593. The zero-order valence-electron chi connectivity index (χ0n) is 10.2. The zero-order chi connectivity index (χ0) is 12.5. The first-order chi connectivity index (χ1) is 8.72. The molecule has 0 bridgehead atoms. The summed E-state index contributed by atoms with van der Waals surface area (Å²) in [6.07, 6.45) is 1.90. The molecule has 1 atom stereocenters. The molecule has 2 N–H and O–H groups in total. The molecule has 0 aliphatic carbocycles. The van der Waals surface area contributed by atoms with Gasteiger partial charge in [0.15, 0.2) is 5.13 Å². The molecule has 2 aromatic rings. The van der Waals surface area contributed by atoms with Gasteiger partial charge >= 0.3 is 0 Å². The molecule has 1 aromatic carbocycles. The predicted molar refractivity (Wildman–Crippen MR) is 74.0 cm³/mol. The normalized spacial score (nSPS) is 19.8. The van der Waals surface area contributed by atoms with Gasteiger partial charge in [-0.2, -0.15) is 0 Å². The van der Waals surface area contributed by atoms with Crippen LogP contribution in [0.25, 0.3) is 10.2 Å². The summed E-state index contributed by atoms with van der Waals surface area (Å²) in [5, 5.41) is 6.94. The minimum Gasteiger partial charge on any atom is -0.354 e. The van der Waals surface area contributed by atoms with Crippen molar-refractivity contribution in [1.82, 2.24) is 10.3 Å². The first kappa shape index (κ1) is 11.5. The van der Waals surface area contributed by atoms with Gasteiger partial charge in [-0.15, -0.1) is 0 Å². The number of thiazole rings is 1. The van der Waals surface area contributed by atoms with Crippen LogP contribution in [0.15, 0.2) is 18.2 Å². The van der Waals surface area contributed by atoms with E-state index in [1.165, 1.54) is 5.56 Å². The number of carbonyl (C=O) groups excluding carboxylic acids is 1. The SMILES string of the molecule is Cc1ccc2nc(NC3CCCNC3=O)sc2c1. The van der Waals surface area contributed by atoms with E-state index < -0.39 is 0 Å². The maximum absolute atomic E-state index is 11.7. The van der Waals surface area contributed by atoms with E-state index >= 15 is 0 Å². The fourth-order valence-corrected chi connectivity index (χ4v) is 3.17. The third-order valence-electron chi connectivity index (χ3n) is 3.13. The monoisotopic (exact) mass is 261 g/mol. The Balaban J connectivity index is 1.84. The number of nitrogens with zero attached hydrogens (tertiary/aromatic N) is 1. The van der Waals surface area contributed by atoms with Crippen LogP contribution in [-0.4, -0.2) is 23.5 Å². The molecule has 1 aliphatic rings. The van der Waals surface area contributed by atoms with Crippen LogP contribution in [0.1, 0.15) is 18.4 Å². The van der Waals surface area contributed by atoms with E-state index in [0.29, 0.717) is 0 Å². The first-order valence-electron chi connectivity index (χ1n) is 6.14. The number of piperidine rings is 1. The van der Waals surface area contributed by atoms with Crippen LogP contribution in [0, 0.1) is 6.92 Å². The Labute approximate surface area is 109 Å². The van der Waals surface area contributed by atoms with Crippen LogP contribution in [0.3, 0.4) is 0 Å². The highest BCUT2D eigenvalue weighted by molar-refractivity contribution is 7.22. The van der Waals surface area contributed by atoms with Crippen LogP contribution in [-0.2, 0) is 4.79 Å². The molecule has 3 rings (SSSR count). The topological polar surface area (TPSA) is 54.0 Å². The zero-order valence-corrected chi connectivity index (χ0v) is 11.0. The molecule has 0 radical (unpaired) electrons. The highest BCUT2D eigenvalue weighted by Gasteiger charge is 2.22. The molecule has 1 saturated heterocycles. The van der Waals surface area contributed by atoms with Crippen molar-refractivity contribution in [3.8, 4) is 0 Å². The molecule has 0 saturated carbocycles. The Kier molecular flexibility index (Phi) is 2.91. The van der Waals surface area contributed by atoms with Crippen molar-refractivity contribution in [2.75, 3.05) is 11.9 Å². The summed E-state index contributed by atoms with van der Waals surface area (Å²) in [5.41, 5.74) is 2.22. The summed E-state index contributed by atoms with van der Waals surface area (Å²) in [6.45, 7) is 2.86. The quantitative estimate of drug-likeness (QED) is 0.872. The molecule has 94 valence electrons. The number of fused-ring (bicyclic) bond motifs is 1. The van der Waals surface area contributed by atoms with E-state index in [-0.39, 0.29) is 11.9 Å². The second-order valence-corrected chi connectivity index (χ2v) is 5.65. The fourth-order valence-electron chi connectivity index (χ4n) is 2.15. The average molecular weight is 261 g/mol. The minimum atomic E-state index is -0.139. The number of benzene rings is 1. The van der Waals surface area contributed by atoms with Gasteiger partial charge in [-0.25, -0.2) is 4.98 Å². The number of amides is 1. The van der Waals surface area contributed by atoms with E-state index in [1.807, 2.05) is 6.07 Å². The van der Waals surface area contributed by atoms with Crippen molar-refractivity contribution < 1.29 is 4.79 Å². The summed E-state index contributed by atoms with van der Waals surface area (Å²) < 4.78 is 1.16. The molecule has 4 nitrogen and oxygen atoms in total. The molecule has 5 heteroatoms. The third-order valence-corrected chi connectivity index (χ3v) is 4.08. The van der Waals surface area contributed by atoms with Crippen molar-refractivity contribution >= 4 is 32.6 Å². The summed E-state index contributed by atoms with van der Waals surface area (Å²) in [5.74, 6) is 0.0803. The number of aromatic nitrogens is 1. The average Bonchev–Trinajstić information content (AvgIpc) is 2.73. The Morgan fingerprint density at radius 2 is 2.39 bits per heavy atom. The van der Waals surface area contributed by atoms with E-state index in [2.05, 4.69) is 34.7 Å². The number of carbonyl (C=O) groups is 1. The van der Waals surface area contributed by atoms with Gasteiger partial charge in [0.1, 0.15) is 6.04 Å². The number of nitrogens with one attached hydrogen (secondary N) is 2. The van der Waals surface area contributed by atoms with Gasteiger partial charge < -0.3 is 10.6 Å². The highest BCUT2D eigenvalue weighted by atomic mass is 32.1. The van der Waals surface area contributed by atoms with Gasteiger partial charge in [0.05, 0.1) is 10.2 Å². The van der Waals surface area contributed by atoms with E-state index in [0.717, 1.165) is 34.7 Å². The molecule has 1 amide bonds. The lowest BCUT2D eigenvalue weighted by molar-refractivity contribution is -0.123. The van der Waals surface area contributed by atoms with Gasteiger partial charge in [-0.3, -0.25) is 4.79 Å². The highest BCUT2D eigenvalue weighted by Crippen LogP contribution is 2.27. The van der Waals surface area contributed by atoms with Gasteiger partial charge in [-0.05, 0) is 37.5 Å². The van der Waals surface area contributed by atoms with Crippen molar-refractivity contribution in [2.45, 2.75) is 25.8 Å². The van der Waals surface area contributed by atoms with Crippen LogP contribution in [0.4, 0.5) is 5.13 Å². The van der Waals surface area contributed by atoms with Crippen LogP contribution < -0.4 is 10.6 Å². The Hall–Kier alpha value is -1.62. The number of hydrogen-bond acceptors (Lipinski definition) is 4. The summed E-state index contributed by atoms with van der Waals surface area (Å²) in [6, 6.07) is 6.06. The largest absolute Gasteiger partial charge is 0.354 e. The van der Waals surface area contributed by atoms with Crippen LogP contribution >= 0.6 is 11.3 Å². The van der Waals surface area contributed by atoms with Gasteiger partial charge in [0.2, 0.25) is 5.91 Å². The fraction of sp³-hybridized carbons (Fsp3) is 0.385. The lowest BCUT2D eigenvalue weighted by atomic mass is 10.1. The number of aryl methyl sites for hydroxylation is 1. The molecule has 2 heterocycles. The Morgan fingerprint density at radius 1 is 1.50 bits per heavy atom. The van der Waals surface area contributed by atoms with Gasteiger partial charge in [-0.1, -0.05) is 17.4 Å². The molecule has 18 heavy (non-hydrogen) atoms. The molecule has 1 aromatic heterocycles. The van der Waals surface area contributed by atoms with Crippen molar-refractivity contribution in [1.29, 1.82) is 0 Å². The smallest absolute Gasteiger partial charge is 0.242 e. The van der Waals surface area contributed by atoms with Crippen molar-refractivity contribution in [2.24, 2.45) is 0 Å². The lowest BCUT2D eigenvalue weighted by Gasteiger charge is -2.22.